The van der Waals surface area contributed by atoms with E-state index in [0.717, 1.165) is 28.3 Å². The average Bonchev–Trinajstić information content (AvgIpc) is 3.26. The van der Waals surface area contributed by atoms with Crippen LogP contribution < -0.4 is 4.74 Å². The number of oxime groups is 1. The van der Waals surface area contributed by atoms with E-state index in [2.05, 4.69) is 10.1 Å². The van der Waals surface area contributed by atoms with Gasteiger partial charge < -0.3 is 14.7 Å². The molecule has 0 saturated carbocycles. The number of hydrogen-bond donors (Lipinski definition) is 1. The minimum Gasteiger partial charge on any atom is -0.490 e. The SMILES string of the molecule is CCC(=NOCCOc1cccc(CC(=O)O)c1)c1ccc(-c2nccs2)cc1. The van der Waals surface area contributed by atoms with Gasteiger partial charge in [-0.05, 0) is 29.7 Å². The highest BCUT2D eigenvalue weighted by Gasteiger charge is 2.05. The summed E-state index contributed by atoms with van der Waals surface area (Å²) in [7, 11) is 0. The van der Waals surface area contributed by atoms with Crippen LogP contribution in [0.2, 0.25) is 0 Å². The number of aromatic nitrogens is 1. The van der Waals surface area contributed by atoms with Crippen molar-refractivity contribution in [2.75, 3.05) is 13.2 Å². The first-order valence-corrected chi connectivity index (χ1v) is 10.2. The van der Waals surface area contributed by atoms with E-state index in [9.17, 15) is 4.79 Å². The number of benzene rings is 2. The fourth-order valence-corrected chi connectivity index (χ4v) is 3.38. The summed E-state index contributed by atoms with van der Waals surface area (Å²) in [5, 5.41) is 16.0. The zero-order chi connectivity index (χ0) is 20.5. The van der Waals surface area contributed by atoms with Gasteiger partial charge in [0.25, 0.3) is 0 Å². The molecule has 0 aliphatic heterocycles. The van der Waals surface area contributed by atoms with E-state index in [0.29, 0.717) is 24.5 Å². The molecule has 7 heteroatoms. The van der Waals surface area contributed by atoms with Gasteiger partial charge in [0.1, 0.15) is 17.4 Å². The van der Waals surface area contributed by atoms with Gasteiger partial charge in [0.05, 0.1) is 12.1 Å². The standard InChI is InChI=1S/C22H22N2O4S/c1-2-20(17-6-8-18(9-7-17)22-23-10-13-29-22)24-28-12-11-27-19-5-3-4-16(14-19)15-21(25)26/h3-10,13-14H,2,11-12,15H2,1H3,(H,25,26). The zero-order valence-electron chi connectivity index (χ0n) is 16.1. The fraction of sp³-hybridized carbons (Fsp3) is 0.227. The molecule has 3 aromatic rings. The first kappa shape index (κ1) is 20.5. The average molecular weight is 410 g/mol. The molecule has 150 valence electrons. The van der Waals surface area contributed by atoms with Gasteiger partial charge in [-0.25, -0.2) is 4.98 Å². The summed E-state index contributed by atoms with van der Waals surface area (Å²) >= 11 is 1.61. The van der Waals surface area contributed by atoms with Crippen LogP contribution in [0, 0.1) is 0 Å². The summed E-state index contributed by atoms with van der Waals surface area (Å²) in [6.45, 7) is 2.64. The number of thiazole rings is 1. The van der Waals surface area contributed by atoms with E-state index in [1.165, 1.54) is 0 Å². The van der Waals surface area contributed by atoms with E-state index in [-0.39, 0.29) is 6.42 Å². The number of nitrogens with zero attached hydrogens (tertiary/aromatic N) is 2. The van der Waals surface area contributed by atoms with Crippen LogP contribution in [0.15, 0.2) is 65.3 Å². The largest absolute Gasteiger partial charge is 0.490 e. The van der Waals surface area contributed by atoms with Gasteiger partial charge in [-0.2, -0.15) is 0 Å². The maximum atomic E-state index is 10.8. The van der Waals surface area contributed by atoms with Gasteiger partial charge in [-0.15, -0.1) is 11.3 Å². The summed E-state index contributed by atoms with van der Waals surface area (Å²) in [6.07, 6.45) is 2.51. The second-order valence-corrected chi connectivity index (χ2v) is 7.10. The highest BCUT2D eigenvalue weighted by atomic mass is 32.1. The van der Waals surface area contributed by atoms with Crippen LogP contribution in [0.25, 0.3) is 10.6 Å². The normalized spacial score (nSPS) is 11.3. The number of hydrogen-bond acceptors (Lipinski definition) is 6. The first-order chi connectivity index (χ1) is 14.2. The monoisotopic (exact) mass is 410 g/mol. The quantitative estimate of drug-likeness (QED) is 0.299. The smallest absolute Gasteiger partial charge is 0.307 e. The van der Waals surface area contributed by atoms with Gasteiger partial charge in [-0.3, -0.25) is 4.79 Å². The molecular formula is C22H22N2O4S. The number of carboxylic acids is 1. The van der Waals surface area contributed by atoms with Gasteiger partial charge in [0.2, 0.25) is 0 Å². The van der Waals surface area contributed by atoms with E-state index in [1.54, 1.807) is 41.8 Å². The molecule has 0 aliphatic carbocycles. The molecule has 0 spiro atoms. The molecule has 2 aromatic carbocycles. The Bertz CT molecular complexity index is 953. The predicted octanol–water partition coefficient (Wildman–Crippen LogP) is 4.65. The van der Waals surface area contributed by atoms with Crippen LogP contribution in [0.5, 0.6) is 5.75 Å². The highest BCUT2D eigenvalue weighted by molar-refractivity contribution is 7.13. The van der Waals surface area contributed by atoms with Crippen LogP contribution in [0.4, 0.5) is 0 Å². The van der Waals surface area contributed by atoms with Crippen molar-refractivity contribution in [3.05, 3.63) is 71.2 Å². The molecule has 1 N–H and O–H groups in total. The molecule has 0 aliphatic rings. The lowest BCUT2D eigenvalue weighted by Crippen LogP contribution is -2.07. The molecule has 0 unspecified atom stereocenters. The molecule has 0 atom stereocenters. The second-order valence-electron chi connectivity index (χ2n) is 6.21. The zero-order valence-corrected chi connectivity index (χ0v) is 16.9. The summed E-state index contributed by atoms with van der Waals surface area (Å²) in [4.78, 5) is 20.5. The van der Waals surface area contributed by atoms with Crippen LogP contribution in [0.3, 0.4) is 0 Å². The highest BCUT2D eigenvalue weighted by Crippen LogP contribution is 2.22. The van der Waals surface area contributed by atoms with Crippen molar-refractivity contribution in [2.24, 2.45) is 5.16 Å². The number of ether oxygens (including phenoxy) is 1. The molecule has 1 aromatic heterocycles. The van der Waals surface area contributed by atoms with Crippen LogP contribution in [-0.4, -0.2) is 35.0 Å². The molecule has 0 fully saturated rings. The maximum Gasteiger partial charge on any atom is 0.307 e. The van der Waals surface area contributed by atoms with E-state index < -0.39 is 5.97 Å². The van der Waals surface area contributed by atoms with Crippen molar-refractivity contribution >= 4 is 23.0 Å². The molecule has 6 nitrogen and oxygen atoms in total. The Morgan fingerprint density at radius 3 is 2.69 bits per heavy atom. The molecular weight excluding hydrogens is 388 g/mol. The Labute approximate surface area is 173 Å². The van der Waals surface area contributed by atoms with Gasteiger partial charge in [-0.1, -0.05) is 48.5 Å². The van der Waals surface area contributed by atoms with Crippen molar-refractivity contribution < 1.29 is 19.5 Å². The molecule has 29 heavy (non-hydrogen) atoms. The third-order valence-corrected chi connectivity index (χ3v) is 4.93. The molecule has 0 amide bonds. The molecule has 0 bridgehead atoms. The van der Waals surface area contributed by atoms with Crippen molar-refractivity contribution in [3.8, 4) is 16.3 Å². The third kappa shape index (κ3) is 6.15. The molecule has 0 saturated heterocycles. The Hall–Kier alpha value is -3.19. The molecule has 3 rings (SSSR count). The lowest BCUT2D eigenvalue weighted by atomic mass is 10.1. The Morgan fingerprint density at radius 2 is 2.00 bits per heavy atom. The summed E-state index contributed by atoms with van der Waals surface area (Å²) in [5.41, 5.74) is 3.65. The lowest BCUT2D eigenvalue weighted by Gasteiger charge is -2.08. The number of carboxylic acid groups (broad SMARTS) is 1. The Balaban J connectivity index is 1.50. The lowest BCUT2D eigenvalue weighted by molar-refractivity contribution is -0.136. The predicted molar refractivity (Wildman–Crippen MR) is 114 cm³/mol. The van der Waals surface area contributed by atoms with Crippen molar-refractivity contribution in [1.29, 1.82) is 0 Å². The number of carbonyl (C=O) groups is 1. The number of aliphatic carboxylic acids is 1. The third-order valence-electron chi connectivity index (χ3n) is 4.10. The first-order valence-electron chi connectivity index (χ1n) is 9.28. The second kappa shape index (κ2) is 10.4. The summed E-state index contributed by atoms with van der Waals surface area (Å²) in [5.74, 6) is -0.253. The van der Waals surface area contributed by atoms with E-state index in [4.69, 9.17) is 14.7 Å². The van der Waals surface area contributed by atoms with Crippen molar-refractivity contribution in [2.45, 2.75) is 19.8 Å². The van der Waals surface area contributed by atoms with Crippen LogP contribution in [-0.2, 0) is 16.1 Å². The minimum absolute atomic E-state index is 0.0286. The Morgan fingerprint density at radius 1 is 1.17 bits per heavy atom. The summed E-state index contributed by atoms with van der Waals surface area (Å²) in [6, 6.07) is 15.2. The fourth-order valence-electron chi connectivity index (χ4n) is 2.73. The van der Waals surface area contributed by atoms with Crippen LogP contribution >= 0.6 is 11.3 Å². The number of rotatable bonds is 10. The van der Waals surface area contributed by atoms with E-state index in [1.807, 2.05) is 36.6 Å². The van der Waals surface area contributed by atoms with Gasteiger partial charge in [0.15, 0.2) is 6.61 Å². The van der Waals surface area contributed by atoms with Gasteiger partial charge in [0, 0.05) is 17.1 Å². The van der Waals surface area contributed by atoms with Crippen molar-refractivity contribution in [1.82, 2.24) is 4.98 Å². The van der Waals surface area contributed by atoms with E-state index >= 15 is 0 Å². The summed E-state index contributed by atoms with van der Waals surface area (Å²) < 4.78 is 5.61. The van der Waals surface area contributed by atoms with Gasteiger partial charge >= 0.3 is 5.97 Å². The molecule has 1 heterocycles. The van der Waals surface area contributed by atoms with Crippen molar-refractivity contribution in [3.63, 3.8) is 0 Å². The topological polar surface area (TPSA) is 81.0 Å². The van der Waals surface area contributed by atoms with Crippen LogP contribution in [0.1, 0.15) is 24.5 Å². The maximum absolute atomic E-state index is 10.8. The Kier molecular flexibility index (Phi) is 7.35. The minimum atomic E-state index is -0.869. The molecule has 0 radical (unpaired) electrons.